The standard InChI is InChI=1S/C17H15BrF3NO4S/c1-26-16(23)10-14(11-6-8-12(18)9-7-11)22-27(24,25)15-5-3-2-4-13(15)17(19,20)21/h2-9,14,22H,10H2,1H3. The monoisotopic (exact) mass is 465 g/mol. The van der Waals surface area contributed by atoms with Crippen molar-refractivity contribution in [2.75, 3.05) is 7.11 Å². The number of benzene rings is 2. The van der Waals surface area contributed by atoms with Gasteiger partial charge in [-0.15, -0.1) is 0 Å². The molecule has 10 heteroatoms. The average Bonchev–Trinajstić information content (AvgIpc) is 2.61. The minimum absolute atomic E-state index is 0.383. The maximum Gasteiger partial charge on any atom is 0.417 e. The van der Waals surface area contributed by atoms with Crippen molar-refractivity contribution in [2.24, 2.45) is 0 Å². The van der Waals surface area contributed by atoms with Crippen LogP contribution in [0.1, 0.15) is 23.6 Å². The predicted octanol–water partition coefficient (Wildman–Crippen LogP) is 4.05. The molecule has 0 aliphatic rings. The number of methoxy groups -OCH3 is 1. The van der Waals surface area contributed by atoms with Crippen molar-refractivity contribution in [3.8, 4) is 0 Å². The van der Waals surface area contributed by atoms with Crippen LogP contribution >= 0.6 is 15.9 Å². The molecule has 0 aliphatic carbocycles. The quantitative estimate of drug-likeness (QED) is 0.653. The van der Waals surface area contributed by atoms with Gasteiger partial charge in [0.05, 0.1) is 30.0 Å². The van der Waals surface area contributed by atoms with Gasteiger partial charge in [0.15, 0.2) is 0 Å². The average molecular weight is 466 g/mol. The number of carbonyl (C=O) groups excluding carboxylic acids is 1. The van der Waals surface area contributed by atoms with Crippen LogP contribution < -0.4 is 4.72 Å². The molecule has 0 saturated heterocycles. The van der Waals surface area contributed by atoms with Gasteiger partial charge < -0.3 is 4.74 Å². The van der Waals surface area contributed by atoms with Crippen LogP contribution in [0.25, 0.3) is 0 Å². The number of esters is 1. The summed E-state index contributed by atoms with van der Waals surface area (Å²) in [4.78, 5) is 10.8. The lowest BCUT2D eigenvalue weighted by molar-refractivity contribution is -0.141. The molecule has 2 aromatic carbocycles. The van der Waals surface area contributed by atoms with Gasteiger partial charge in [0, 0.05) is 4.47 Å². The van der Waals surface area contributed by atoms with Crippen molar-refractivity contribution in [1.29, 1.82) is 0 Å². The summed E-state index contributed by atoms with van der Waals surface area (Å²) < 4.78 is 72.3. The van der Waals surface area contributed by atoms with Gasteiger partial charge in [-0.05, 0) is 29.8 Å². The van der Waals surface area contributed by atoms with Gasteiger partial charge in [-0.2, -0.15) is 13.2 Å². The Labute approximate surface area is 162 Å². The zero-order valence-corrected chi connectivity index (χ0v) is 16.4. The Morgan fingerprint density at radius 1 is 1.15 bits per heavy atom. The first kappa shape index (κ1) is 21.4. The Balaban J connectivity index is 2.44. The molecule has 0 heterocycles. The number of carbonyl (C=O) groups is 1. The first-order valence-electron chi connectivity index (χ1n) is 7.55. The van der Waals surface area contributed by atoms with E-state index in [0.29, 0.717) is 16.1 Å². The zero-order chi connectivity index (χ0) is 20.2. The molecule has 0 fully saturated rings. The smallest absolute Gasteiger partial charge is 0.417 e. The molecule has 0 bridgehead atoms. The molecule has 0 amide bonds. The number of rotatable bonds is 6. The number of halogens is 4. The highest BCUT2D eigenvalue weighted by molar-refractivity contribution is 9.10. The minimum atomic E-state index is -4.85. The number of alkyl halides is 3. The Morgan fingerprint density at radius 3 is 2.30 bits per heavy atom. The lowest BCUT2D eigenvalue weighted by Crippen LogP contribution is -2.32. The van der Waals surface area contributed by atoms with Crippen molar-refractivity contribution in [1.82, 2.24) is 4.72 Å². The largest absolute Gasteiger partial charge is 0.469 e. The summed E-state index contributed by atoms with van der Waals surface area (Å²) in [6.45, 7) is 0. The lowest BCUT2D eigenvalue weighted by atomic mass is 10.1. The molecular weight excluding hydrogens is 451 g/mol. The lowest BCUT2D eigenvalue weighted by Gasteiger charge is -2.20. The topological polar surface area (TPSA) is 72.5 Å². The highest BCUT2D eigenvalue weighted by Crippen LogP contribution is 2.34. The third-order valence-electron chi connectivity index (χ3n) is 3.65. The van der Waals surface area contributed by atoms with Gasteiger partial charge in [0.25, 0.3) is 0 Å². The highest BCUT2D eigenvalue weighted by Gasteiger charge is 2.37. The summed E-state index contributed by atoms with van der Waals surface area (Å²) in [5.74, 6) is -0.713. The normalized spacial score (nSPS) is 13.2. The van der Waals surface area contributed by atoms with Crippen LogP contribution in [0.5, 0.6) is 0 Å². The van der Waals surface area contributed by atoms with E-state index in [0.717, 1.165) is 19.2 Å². The van der Waals surface area contributed by atoms with Crippen molar-refractivity contribution < 1.29 is 31.1 Å². The summed E-state index contributed by atoms with van der Waals surface area (Å²) in [5.41, 5.74) is -0.887. The molecule has 0 saturated carbocycles. The van der Waals surface area contributed by atoms with E-state index in [9.17, 15) is 26.4 Å². The molecule has 1 N–H and O–H groups in total. The van der Waals surface area contributed by atoms with Crippen LogP contribution in [-0.4, -0.2) is 21.5 Å². The zero-order valence-electron chi connectivity index (χ0n) is 14.0. The van der Waals surface area contributed by atoms with E-state index in [-0.39, 0.29) is 6.42 Å². The third kappa shape index (κ3) is 5.53. The number of hydrogen-bond acceptors (Lipinski definition) is 4. The maximum atomic E-state index is 13.2. The second kappa shape index (κ2) is 8.41. The van der Waals surface area contributed by atoms with E-state index in [2.05, 4.69) is 25.4 Å². The van der Waals surface area contributed by atoms with Crippen molar-refractivity contribution in [3.63, 3.8) is 0 Å². The Kier molecular flexibility index (Phi) is 6.66. The van der Waals surface area contributed by atoms with E-state index in [1.807, 2.05) is 0 Å². The third-order valence-corrected chi connectivity index (χ3v) is 5.71. The van der Waals surface area contributed by atoms with E-state index in [1.54, 1.807) is 24.3 Å². The molecule has 0 aliphatic heterocycles. The molecule has 1 unspecified atom stereocenters. The Bertz CT molecular complexity index is 915. The highest BCUT2D eigenvalue weighted by atomic mass is 79.9. The molecule has 27 heavy (non-hydrogen) atoms. The summed E-state index contributed by atoms with van der Waals surface area (Å²) in [7, 11) is -3.44. The van der Waals surface area contributed by atoms with Crippen LogP contribution in [0.3, 0.4) is 0 Å². The van der Waals surface area contributed by atoms with Gasteiger partial charge in [0.2, 0.25) is 10.0 Å². The number of sulfonamides is 1. The molecule has 5 nitrogen and oxygen atoms in total. The molecular formula is C17H15BrF3NO4S. The fourth-order valence-electron chi connectivity index (χ4n) is 2.36. The molecule has 0 radical (unpaired) electrons. The predicted molar refractivity (Wildman–Crippen MR) is 95.3 cm³/mol. The van der Waals surface area contributed by atoms with E-state index >= 15 is 0 Å². The summed E-state index contributed by atoms with van der Waals surface area (Å²) in [6.07, 6.45) is -5.23. The summed E-state index contributed by atoms with van der Waals surface area (Å²) in [6, 6.07) is 9.09. The van der Waals surface area contributed by atoms with Crippen LogP contribution in [0.4, 0.5) is 13.2 Å². The van der Waals surface area contributed by atoms with Crippen LogP contribution in [0.15, 0.2) is 57.9 Å². The van der Waals surface area contributed by atoms with Gasteiger partial charge in [-0.1, -0.05) is 40.2 Å². The second-order valence-corrected chi connectivity index (χ2v) is 8.10. The Morgan fingerprint density at radius 2 is 1.74 bits per heavy atom. The minimum Gasteiger partial charge on any atom is -0.469 e. The van der Waals surface area contributed by atoms with Crippen LogP contribution in [-0.2, 0) is 25.7 Å². The number of ether oxygens (including phenoxy) is 1. The van der Waals surface area contributed by atoms with Gasteiger partial charge in [0.1, 0.15) is 0 Å². The fraction of sp³-hybridized carbons (Fsp3) is 0.235. The van der Waals surface area contributed by atoms with E-state index in [4.69, 9.17) is 0 Å². The molecule has 2 rings (SSSR count). The molecule has 0 spiro atoms. The molecule has 2 aromatic rings. The SMILES string of the molecule is COC(=O)CC(NS(=O)(=O)c1ccccc1C(F)(F)F)c1ccc(Br)cc1. The van der Waals surface area contributed by atoms with Crippen LogP contribution in [0.2, 0.25) is 0 Å². The Hall–Kier alpha value is -1.91. The maximum absolute atomic E-state index is 13.2. The molecule has 1 atom stereocenters. The van der Waals surface area contributed by atoms with Gasteiger partial charge >= 0.3 is 12.1 Å². The number of nitrogens with one attached hydrogen (secondary N) is 1. The van der Waals surface area contributed by atoms with Gasteiger partial charge in [-0.3, -0.25) is 4.79 Å². The van der Waals surface area contributed by atoms with Crippen molar-refractivity contribution >= 4 is 31.9 Å². The summed E-state index contributed by atoms with van der Waals surface area (Å²) in [5, 5.41) is 0. The van der Waals surface area contributed by atoms with Crippen LogP contribution in [0, 0.1) is 0 Å². The number of hydrogen-bond donors (Lipinski definition) is 1. The van der Waals surface area contributed by atoms with E-state index < -0.39 is 38.7 Å². The molecule has 0 aromatic heterocycles. The fourth-order valence-corrected chi connectivity index (χ4v) is 4.07. The first-order valence-corrected chi connectivity index (χ1v) is 9.83. The van der Waals surface area contributed by atoms with Crippen molar-refractivity contribution in [2.45, 2.75) is 23.5 Å². The van der Waals surface area contributed by atoms with Crippen molar-refractivity contribution in [3.05, 3.63) is 64.1 Å². The second-order valence-electron chi connectivity index (χ2n) is 5.50. The molecule has 146 valence electrons. The van der Waals surface area contributed by atoms with E-state index in [1.165, 1.54) is 6.07 Å². The first-order chi connectivity index (χ1) is 12.5. The summed E-state index contributed by atoms with van der Waals surface area (Å²) >= 11 is 3.23. The van der Waals surface area contributed by atoms with Gasteiger partial charge in [-0.25, -0.2) is 13.1 Å².